The molecule has 11 heteroatoms. The van der Waals surface area contributed by atoms with Crippen molar-refractivity contribution in [3.8, 4) is 5.75 Å². The van der Waals surface area contributed by atoms with Gasteiger partial charge in [-0.15, -0.1) is 0 Å². The van der Waals surface area contributed by atoms with Crippen molar-refractivity contribution < 1.29 is 22.1 Å². The number of allylic oxidation sites excluding steroid dienone is 1. The van der Waals surface area contributed by atoms with Crippen molar-refractivity contribution in [2.75, 3.05) is 6.61 Å². The van der Waals surface area contributed by atoms with E-state index >= 15 is 0 Å². The van der Waals surface area contributed by atoms with Crippen LogP contribution in [0.3, 0.4) is 0 Å². The van der Waals surface area contributed by atoms with Gasteiger partial charge in [0.2, 0.25) is 0 Å². The molecule has 0 saturated carbocycles. The van der Waals surface area contributed by atoms with Gasteiger partial charge in [-0.2, -0.15) is 8.42 Å². The van der Waals surface area contributed by atoms with Crippen molar-refractivity contribution in [3.63, 3.8) is 0 Å². The average Bonchev–Trinajstić information content (AvgIpc) is 3.24. The van der Waals surface area contributed by atoms with Gasteiger partial charge >= 0.3 is 16.1 Å². The fourth-order valence-corrected chi connectivity index (χ4v) is 6.46. The molecule has 5 rings (SSSR count). The molecule has 0 fully saturated rings. The number of benzene rings is 3. The lowest BCUT2D eigenvalue weighted by Gasteiger charge is -2.24. The van der Waals surface area contributed by atoms with Crippen LogP contribution in [0.4, 0.5) is 0 Å². The summed E-state index contributed by atoms with van der Waals surface area (Å²) in [6.07, 6.45) is 1.56. The molecule has 2 heterocycles. The Labute approximate surface area is 239 Å². The Bertz CT molecular complexity index is 1910. The fraction of sp³-hybridized carbons (Fsp3) is 0.138. The van der Waals surface area contributed by atoms with Crippen molar-refractivity contribution in [1.82, 2.24) is 4.57 Å². The Morgan fingerprint density at radius 3 is 2.42 bits per heavy atom. The number of rotatable bonds is 7. The minimum atomic E-state index is -4.11. The molecular weight excluding hydrogens is 572 g/mol. The second kappa shape index (κ2) is 11.2. The lowest BCUT2D eigenvalue weighted by atomic mass is 9.96. The molecule has 3 aromatic carbocycles. The van der Waals surface area contributed by atoms with Gasteiger partial charge in [-0.05, 0) is 55.8 Å². The number of aromatic nitrogens is 1. The van der Waals surface area contributed by atoms with Crippen molar-refractivity contribution in [2.45, 2.75) is 24.8 Å². The van der Waals surface area contributed by atoms with E-state index in [0.29, 0.717) is 26.6 Å². The van der Waals surface area contributed by atoms with Crippen LogP contribution in [0.15, 0.2) is 105 Å². The second-order valence-electron chi connectivity index (χ2n) is 8.74. The first kappa shape index (κ1) is 27.6. The molecule has 204 valence electrons. The van der Waals surface area contributed by atoms with Crippen molar-refractivity contribution in [3.05, 3.63) is 126 Å². The number of hydrogen-bond acceptors (Lipinski definition) is 8. The predicted molar refractivity (Wildman–Crippen MR) is 153 cm³/mol. The van der Waals surface area contributed by atoms with Gasteiger partial charge in [0.15, 0.2) is 4.80 Å². The van der Waals surface area contributed by atoms with Crippen LogP contribution in [0.2, 0.25) is 5.02 Å². The number of carbonyl (C=O) groups is 1. The number of fused-ring (bicyclic) bond motifs is 1. The zero-order valence-corrected chi connectivity index (χ0v) is 23.8. The minimum Gasteiger partial charge on any atom is -0.463 e. The number of halogens is 1. The third-order valence-electron chi connectivity index (χ3n) is 6.14. The molecule has 1 atom stereocenters. The van der Waals surface area contributed by atoms with Crippen LogP contribution in [-0.2, 0) is 19.6 Å². The maximum absolute atomic E-state index is 13.8. The van der Waals surface area contributed by atoms with Crippen LogP contribution >= 0.6 is 22.9 Å². The molecule has 1 aliphatic heterocycles. The first-order valence-electron chi connectivity index (χ1n) is 12.2. The van der Waals surface area contributed by atoms with E-state index in [1.165, 1.54) is 22.8 Å². The summed E-state index contributed by atoms with van der Waals surface area (Å²) in [5.74, 6) is -0.502. The summed E-state index contributed by atoms with van der Waals surface area (Å²) in [7, 11) is -4.11. The third-order valence-corrected chi connectivity index (χ3v) is 8.62. The molecule has 0 saturated heterocycles. The van der Waals surface area contributed by atoms with E-state index in [0.717, 1.165) is 11.3 Å². The first-order chi connectivity index (χ1) is 19.2. The number of nitrogens with zero attached hydrogens (tertiary/aromatic N) is 2. The molecule has 0 bridgehead atoms. The van der Waals surface area contributed by atoms with E-state index in [-0.39, 0.29) is 27.4 Å². The number of esters is 1. The highest BCUT2D eigenvalue weighted by atomic mass is 35.5. The number of thiazole rings is 1. The summed E-state index contributed by atoms with van der Waals surface area (Å²) >= 11 is 7.23. The molecule has 0 aliphatic carbocycles. The van der Waals surface area contributed by atoms with Crippen LogP contribution in [-0.4, -0.2) is 25.6 Å². The Morgan fingerprint density at radius 2 is 1.73 bits per heavy atom. The molecule has 8 nitrogen and oxygen atoms in total. The molecule has 0 radical (unpaired) electrons. The maximum Gasteiger partial charge on any atom is 0.339 e. The minimum absolute atomic E-state index is 0.00844. The number of para-hydroxylation sites is 1. The van der Waals surface area contributed by atoms with Gasteiger partial charge in [-0.1, -0.05) is 71.5 Å². The van der Waals surface area contributed by atoms with Gasteiger partial charge in [-0.3, -0.25) is 9.36 Å². The van der Waals surface area contributed by atoms with Crippen molar-refractivity contribution in [1.29, 1.82) is 0 Å². The van der Waals surface area contributed by atoms with Gasteiger partial charge in [0.1, 0.15) is 10.6 Å². The molecule has 0 N–H and O–H groups in total. The molecule has 0 spiro atoms. The molecule has 4 aromatic rings. The Morgan fingerprint density at radius 1 is 1.05 bits per heavy atom. The van der Waals surface area contributed by atoms with Gasteiger partial charge in [0.05, 0.1) is 28.5 Å². The van der Waals surface area contributed by atoms with Gasteiger partial charge in [-0.25, -0.2) is 9.79 Å². The standard InChI is InChI=1S/C29H23ClN2O6S2/c1-3-37-28(34)25-18(2)31-29-32(26(25)19-13-15-21(30)16-14-19)27(33)24(39-29)17-20-9-7-8-12-23(20)38-40(35,36)22-10-5-4-6-11-22/h4-17,26H,3H2,1-2H3/b24-17-/t26-/m0/s1. The second-order valence-corrected chi connectivity index (χ2v) is 11.7. The summed E-state index contributed by atoms with van der Waals surface area (Å²) < 4.78 is 38.2. The normalized spacial score (nSPS) is 15.4. The van der Waals surface area contributed by atoms with E-state index in [9.17, 15) is 18.0 Å². The van der Waals surface area contributed by atoms with E-state index in [2.05, 4.69) is 4.99 Å². The zero-order valence-electron chi connectivity index (χ0n) is 21.4. The lowest BCUT2D eigenvalue weighted by Crippen LogP contribution is -2.39. The number of carbonyl (C=O) groups excluding carboxylic acids is 1. The van der Waals surface area contributed by atoms with Crippen LogP contribution < -0.4 is 19.1 Å². The zero-order chi connectivity index (χ0) is 28.4. The fourth-order valence-electron chi connectivity index (χ4n) is 4.32. The molecule has 1 aliphatic rings. The quantitative estimate of drug-likeness (QED) is 0.234. The van der Waals surface area contributed by atoms with E-state index in [4.69, 9.17) is 20.5 Å². The topological polar surface area (TPSA) is 104 Å². The van der Waals surface area contributed by atoms with Crippen molar-refractivity contribution in [2.24, 2.45) is 4.99 Å². The van der Waals surface area contributed by atoms with Gasteiger partial charge < -0.3 is 8.92 Å². The van der Waals surface area contributed by atoms with Crippen LogP contribution in [0.5, 0.6) is 5.75 Å². The Balaban J connectivity index is 1.65. The SMILES string of the molecule is CCOC(=O)C1=C(C)N=c2s/c(=C\c3ccccc3OS(=O)(=O)c3ccccc3)c(=O)n2[C@H]1c1ccc(Cl)cc1. The van der Waals surface area contributed by atoms with Crippen molar-refractivity contribution >= 4 is 45.1 Å². The molecule has 0 amide bonds. The molecule has 40 heavy (non-hydrogen) atoms. The highest BCUT2D eigenvalue weighted by Crippen LogP contribution is 2.31. The highest BCUT2D eigenvalue weighted by molar-refractivity contribution is 7.87. The highest BCUT2D eigenvalue weighted by Gasteiger charge is 2.33. The third kappa shape index (κ3) is 5.38. The number of hydrogen-bond donors (Lipinski definition) is 0. The summed E-state index contributed by atoms with van der Waals surface area (Å²) in [6, 6.07) is 20.4. The first-order valence-corrected chi connectivity index (χ1v) is 14.8. The Kier molecular flexibility index (Phi) is 7.75. The summed E-state index contributed by atoms with van der Waals surface area (Å²) in [6.45, 7) is 3.57. The Hall–Kier alpha value is -3.99. The maximum atomic E-state index is 13.8. The smallest absolute Gasteiger partial charge is 0.339 e. The molecule has 0 unspecified atom stereocenters. The monoisotopic (exact) mass is 594 g/mol. The van der Waals surface area contributed by atoms with Gasteiger partial charge in [0.25, 0.3) is 5.56 Å². The largest absolute Gasteiger partial charge is 0.463 e. The van der Waals surface area contributed by atoms with E-state index in [1.807, 2.05) is 0 Å². The van der Waals surface area contributed by atoms with Gasteiger partial charge in [0, 0.05) is 10.6 Å². The van der Waals surface area contributed by atoms with E-state index in [1.54, 1.807) is 80.6 Å². The molecule has 1 aromatic heterocycles. The van der Waals surface area contributed by atoms with Crippen LogP contribution in [0.25, 0.3) is 6.08 Å². The summed E-state index contributed by atoms with van der Waals surface area (Å²) in [5, 5.41) is 0.511. The van der Waals surface area contributed by atoms with Crippen LogP contribution in [0, 0.1) is 0 Å². The lowest BCUT2D eigenvalue weighted by molar-refractivity contribution is -0.139. The van der Waals surface area contributed by atoms with E-state index < -0.39 is 27.7 Å². The molecular formula is C29H23ClN2O6S2. The van der Waals surface area contributed by atoms with Crippen LogP contribution in [0.1, 0.15) is 31.0 Å². The average molecular weight is 595 g/mol. The number of ether oxygens (including phenoxy) is 1. The summed E-state index contributed by atoms with van der Waals surface area (Å²) in [4.78, 5) is 31.8. The summed E-state index contributed by atoms with van der Waals surface area (Å²) in [5.41, 5.74) is 1.33. The predicted octanol–water partition coefficient (Wildman–Crippen LogP) is 4.22.